The van der Waals surface area contributed by atoms with E-state index in [1.54, 1.807) is 4.90 Å². The molecule has 0 aliphatic carbocycles. The van der Waals surface area contributed by atoms with Gasteiger partial charge in [-0.3, -0.25) is 0 Å². The number of hydrogen-bond acceptors (Lipinski definition) is 1. The third kappa shape index (κ3) is 3.11. The van der Waals surface area contributed by atoms with Gasteiger partial charge in [0.2, 0.25) is 0 Å². The Morgan fingerprint density at radius 2 is 1.84 bits per heavy atom. The van der Waals surface area contributed by atoms with Gasteiger partial charge in [0.05, 0.1) is 31.9 Å². The van der Waals surface area contributed by atoms with Gasteiger partial charge in [-0.1, -0.05) is 11.6 Å². The molecule has 2 aromatic rings. The average Bonchev–Trinajstić information content (AvgIpc) is 2.94. The predicted octanol–water partition coefficient (Wildman–Crippen LogP) is 1.57. The summed E-state index contributed by atoms with van der Waals surface area (Å²) in [6.45, 7) is 5.68. The van der Waals surface area contributed by atoms with E-state index < -0.39 is 0 Å². The van der Waals surface area contributed by atoms with Gasteiger partial charge in [0.25, 0.3) is 0 Å². The fraction of sp³-hybridized carbons (Fsp3) is 0.333. The van der Waals surface area contributed by atoms with Gasteiger partial charge >= 0.3 is 0 Å². The topological polar surface area (TPSA) is 23.5 Å². The zero-order valence-corrected chi connectivity index (χ0v) is 11.7. The standard InChI is InChI=1S/C15H18ClN3/c16-13-3-5-15(6-4-13)19-10-8-18(9-11-19)12-14-2-1-7-17-14/h1-7,17H,8-12H2/p+1. The molecule has 0 saturated carbocycles. The number of aromatic amines is 1. The second-order valence-electron chi connectivity index (χ2n) is 5.09. The summed E-state index contributed by atoms with van der Waals surface area (Å²) >= 11 is 5.93. The molecule has 0 amide bonds. The molecule has 0 spiro atoms. The first kappa shape index (κ1) is 12.6. The van der Waals surface area contributed by atoms with Gasteiger partial charge in [-0.15, -0.1) is 0 Å². The lowest BCUT2D eigenvalue weighted by Crippen LogP contribution is -3.13. The molecule has 0 unspecified atom stereocenters. The monoisotopic (exact) mass is 276 g/mol. The average molecular weight is 277 g/mol. The van der Waals surface area contributed by atoms with Gasteiger partial charge in [-0.25, -0.2) is 0 Å². The van der Waals surface area contributed by atoms with Gasteiger partial charge in [0.1, 0.15) is 6.54 Å². The van der Waals surface area contributed by atoms with Crippen molar-refractivity contribution >= 4 is 17.3 Å². The van der Waals surface area contributed by atoms with E-state index in [0.29, 0.717) is 0 Å². The Balaban J connectivity index is 1.56. The number of H-pyrrole nitrogens is 1. The number of aromatic nitrogens is 1. The van der Waals surface area contributed by atoms with Crippen LogP contribution in [0.1, 0.15) is 5.69 Å². The molecular formula is C15H19ClN3+. The van der Waals surface area contributed by atoms with E-state index in [-0.39, 0.29) is 0 Å². The van der Waals surface area contributed by atoms with Crippen LogP contribution in [-0.4, -0.2) is 31.2 Å². The third-order valence-corrected chi connectivity index (χ3v) is 4.02. The quantitative estimate of drug-likeness (QED) is 0.874. The maximum absolute atomic E-state index is 5.93. The van der Waals surface area contributed by atoms with Crippen LogP contribution in [0, 0.1) is 0 Å². The molecule has 1 aromatic heterocycles. The molecule has 4 heteroatoms. The van der Waals surface area contributed by atoms with Crippen molar-refractivity contribution in [2.24, 2.45) is 0 Å². The Bertz CT molecular complexity index is 499. The van der Waals surface area contributed by atoms with Crippen LogP contribution >= 0.6 is 11.6 Å². The predicted molar refractivity (Wildman–Crippen MR) is 78.9 cm³/mol. The van der Waals surface area contributed by atoms with Crippen LogP contribution in [0.4, 0.5) is 5.69 Å². The summed E-state index contributed by atoms with van der Waals surface area (Å²) in [5, 5.41) is 0.805. The minimum Gasteiger partial charge on any atom is -0.360 e. The van der Waals surface area contributed by atoms with Crippen LogP contribution in [-0.2, 0) is 6.54 Å². The number of piperazine rings is 1. The number of benzene rings is 1. The van der Waals surface area contributed by atoms with Crippen molar-refractivity contribution in [2.75, 3.05) is 31.1 Å². The summed E-state index contributed by atoms with van der Waals surface area (Å²) < 4.78 is 0. The van der Waals surface area contributed by atoms with Gasteiger partial charge in [0.15, 0.2) is 0 Å². The van der Waals surface area contributed by atoms with Crippen molar-refractivity contribution in [3.63, 3.8) is 0 Å². The van der Waals surface area contributed by atoms with E-state index in [2.05, 4.69) is 34.1 Å². The van der Waals surface area contributed by atoms with Gasteiger partial charge < -0.3 is 14.8 Å². The minimum absolute atomic E-state index is 0.805. The molecule has 19 heavy (non-hydrogen) atoms. The second-order valence-corrected chi connectivity index (χ2v) is 5.52. The normalized spacial score (nSPS) is 16.8. The Morgan fingerprint density at radius 1 is 1.11 bits per heavy atom. The molecule has 3 rings (SSSR count). The Morgan fingerprint density at radius 3 is 2.47 bits per heavy atom. The van der Waals surface area contributed by atoms with Crippen molar-refractivity contribution in [1.82, 2.24) is 4.98 Å². The zero-order chi connectivity index (χ0) is 13.1. The highest BCUT2D eigenvalue weighted by atomic mass is 35.5. The van der Waals surface area contributed by atoms with Crippen LogP contribution in [0.2, 0.25) is 5.02 Å². The number of nitrogens with zero attached hydrogens (tertiary/aromatic N) is 1. The molecule has 1 aliphatic rings. The molecule has 1 fully saturated rings. The number of nitrogens with one attached hydrogen (secondary N) is 2. The molecule has 3 nitrogen and oxygen atoms in total. The van der Waals surface area contributed by atoms with E-state index in [0.717, 1.165) is 24.7 Å². The van der Waals surface area contributed by atoms with Crippen molar-refractivity contribution in [1.29, 1.82) is 0 Å². The molecule has 100 valence electrons. The van der Waals surface area contributed by atoms with E-state index in [4.69, 9.17) is 11.6 Å². The molecule has 0 bridgehead atoms. The highest BCUT2D eigenvalue weighted by Crippen LogP contribution is 2.17. The molecule has 1 saturated heterocycles. The van der Waals surface area contributed by atoms with E-state index in [1.807, 2.05) is 18.3 Å². The first-order valence-electron chi connectivity index (χ1n) is 6.77. The van der Waals surface area contributed by atoms with Crippen molar-refractivity contribution < 1.29 is 4.90 Å². The second kappa shape index (κ2) is 5.68. The minimum atomic E-state index is 0.805. The van der Waals surface area contributed by atoms with Crippen LogP contribution in [0.3, 0.4) is 0 Å². The third-order valence-electron chi connectivity index (χ3n) is 3.77. The lowest BCUT2D eigenvalue weighted by molar-refractivity contribution is -0.914. The molecule has 2 N–H and O–H groups in total. The molecular weight excluding hydrogens is 258 g/mol. The van der Waals surface area contributed by atoms with Crippen molar-refractivity contribution in [2.45, 2.75) is 6.54 Å². The SMILES string of the molecule is Clc1ccc(N2CC[NH+](Cc3ccc[nH]3)CC2)cc1. The fourth-order valence-corrected chi connectivity index (χ4v) is 2.78. The maximum Gasteiger partial charge on any atom is 0.118 e. The highest BCUT2D eigenvalue weighted by Gasteiger charge is 2.20. The molecule has 1 aliphatic heterocycles. The molecule has 2 heterocycles. The first-order chi connectivity index (χ1) is 9.31. The Hall–Kier alpha value is -1.45. The van der Waals surface area contributed by atoms with E-state index >= 15 is 0 Å². The number of rotatable bonds is 3. The van der Waals surface area contributed by atoms with Crippen molar-refractivity contribution in [3.05, 3.63) is 53.3 Å². The van der Waals surface area contributed by atoms with Crippen LogP contribution in [0.15, 0.2) is 42.6 Å². The Kier molecular flexibility index (Phi) is 3.76. The molecule has 0 radical (unpaired) electrons. The van der Waals surface area contributed by atoms with Gasteiger partial charge in [0, 0.05) is 16.9 Å². The fourth-order valence-electron chi connectivity index (χ4n) is 2.66. The summed E-state index contributed by atoms with van der Waals surface area (Å²) in [5.41, 5.74) is 2.61. The van der Waals surface area contributed by atoms with Gasteiger partial charge in [-0.2, -0.15) is 0 Å². The van der Waals surface area contributed by atoms with Crippen LogP contribution in [0.5, 0.6) is 0 Å². The lowest BCUT2D eigenvalue weighted by Gasteiger charge is -2.33. The number of hydrogen-bond donors (Lipinski definition) is 2. The van der Waals surface area contributed by atoms with Crippen LogP contribution in [0.25, 0.3) is 0 Å². The zero-order valence-electron chi connectivity index (χ0n) is 10.9. The number of quaternary nitrogens is 1. The van der Waals surface area contributed by atoms with Crippen molar-refractivity contribution in [3.8, 4) is 0 Å². The van der Waals surface area contributed by atoms with Crippen LogP contribution < -0.4 is 9.80 Å². The Labute approximate surface area is 118 Å². The largest absolute Gasteiger partial charge is 0.360 e. The molecule has 0 atom stereocenters. The summed E-state index contributed by atoms with van der Waals surface area (Å²) in [6, 6.07) is 12.4. The number of anilines is 1. The first-order valence-corrected chi connectivity index (χ1v) is 7.15. The summed E-state index contributed by atoms with van der Waals surface area (Å²) in [5.74, 6) is 0. The molecule has 1 aromatic carbocycles. The maximum atomic E-state index is 5.93. The van der Waals surface area contributed by atoms with E-state index in [9.17, 15) is 0 Å². The highest BCUT2D eigenvalue weighted by molar-refractivity contribution is 6.30. The van der Waals surface area contributed by atoms with Gasteiger partial charge in [-0.05, 0) is 36.4 Å². The summed E-state index contributed by atoms with van der Waals surface area (Å²) in [6.07, 6.45) is 2.00. The lowest BCUT2D eigenvalue weighted by atomic mass is 10.2. The van der Waals surface area contributed by atoms with E-state index in [1.165, 1.54) is 24.5 Å². The summed E-state index contributed by atoms with van der Waals surface area (Å²) in [7, 11) is 0. The smallest absolute Gasteiger partial charge is 0.118 e. The number of halogens is 1. The summed E-state index contributed by atoms with van der Waals surface area (Å²) in [4.78, 5) is 7.37.